The third kappa shape index (κ3) is 6.10. The topological polar surface area (TPSA) is 38.3 Å². The molecule has 2 aromatic rings. The van der Waals surface area contributed by atoms with Crippen molar-refractivity contribution in [1.82, 2.24) is 5.32 Å². The van der Waals surface area contributed by atoms with Crippen molar-refractivity contribution in [3.8, 4) is 5.75 Å². The lowest BCUT2D eigenvalue weighted by Gasteiger charge is -2.09. The predicted molar refractivity (Wildman–Crippen MR) is 102 cm³/mol. The Morgan fingerprint density at radius 2 is 1.96 bits per heavy atom. The number of carbonyl (C=O) groups excluding carboxylic acids is 1. The lowest BCUT2D eigenvalue weighted by atomic mass is 10.1. The lowest BCUT2D eigenvalue weighted by Crippen LogP contribution is -2.30. The van der Waals surface area contributed by atoms with Gasteiger partial charge in [-0.1, -0.05) is 35.9 Å². The highest BCUT2D eigenvalue weighted by molar-refractivity contribution is 7.98. The first-order valence-corrected chi connectivity index (χ1v) is 9.37. The maximum Gasteiger partial charge on any atom is 0.257 e. The molecule has 2 rings (SSSR count). The van der Waals surface area contributed by atoms with Crippen LogP contribution in [0.1, 0.15) is 16.7 Å². The van der Waals surface area contributed by atoms with Crippen molar-refractivity contribution < 1.29 is 9.53 Å². The molecular weight excluding hydrogens is 342 g/mol. The van der Waals surface area contributed by atoms with Crippen molar-refractivity contribution in [1.29, 1.82) is 0 Å². The van der Waals surface area contributed by atoms with Crippen molar-refractivity contribution in [2.45, 2.75) is 19.6 Å². The van der Waals surface area contributed by atoms with E-state index in [4.69, 9.17) is 16.3 Å². The first kappa shape index (κ1) is 18.7. The van der Waals surface area contributed by atoms with Gasteiger partial charge in [0.1, 0.15) is 5.75 Å². The first-order valence-electron chi connectivity index (χ1n) is 7.84. The van der Waals surface area contributed by atoms with Gasteiger partial charge in [-0.05, 0) is 48.7 Å². The molecule has 1 N–H and O–H groups in total. The van der Waals surface area contributed by atoms with Gasteiger partial charge in [-0.25, -0.2) is 0 Å². The van der Waals surface area contributed by atoms with Gasteiger partial charge in [0.05, 0.1) is 0 Å². The zero-order valence-electron chi connectivity index (χ0n) is 14.0. The Balaban J connectivity index is 1.61. The Kier molecular flexibility index (Phi) is 7.47. The third-order valence-corrected chi connectivity index (χ3v) is 5.02. The molecule has 0 aliphatic carbocycles. The van der Waals surface area contributed by atoms with Gasteiger partial charge < -0.3 is 10.1 Å². The number of hydrogen-bond donors (Lipinski definition) is 1. The zero-order valence-corrected chi connectivity index (χ0v) is 15.5. The third-order valence-electron chi connectivity index (χ3n) is 3.59. The van der Waals surface area contributed by atoms with Gasteiger partial charge in [-0.3, -0.25) is 4.79 Å². The minimum Gasteiger partial charge on any atom is -0.484 e. The van der Waals surface area contributed by atoms with Gasteiger partial charge in [0.2, 0.25) is 0 Å². The summed E-state index contributed by atoms with van der Waals surface area (Å²) in [4.78, 5) is 11.8. The summed E-state index contributed by atoms with van der Waals surface area (Å²) < 4.78 is 5.47. The number of ether oxygens (including phenoxy) is 1. The van der Waals surface area contributed by atoms with Gasteiger partial charge in [0.25, 0.3) is 5.91 Å². The summed E-state index contributed by atoms with van der Waals surface area (Å²) in [7, 11) is 0. The van der Waals surface area contributed by atoms with E-state index in [1.54, 1.807) is 12.1 Å². The second-order valence-electron chi connectivity index (χ2n) is 5.53. The molecule has 0 bridgehead atoms. The highest BCUT2D eigenvalue weighted by Crippen LogP contribution is 2.20. The summed E-state index contributed by atoms with van der Waals surface area (Å²) in [5.41, 5.74) is 3.58. The number of nitrogens with one attached hydrogen (secondary N) is 1. The van der Waals surface area contributed by atoms with E-state index in [1.165, 1.54) is 11.1 Å². The summed E-state index contributed by atoms with van der Waals surface area (Å²) in [6.07, 6.45) is 0. The SMILES string of the molecule is Cc1cc(OCC(=O)NCCSCc2ccccc2C)ccc1Cl. The number of benzene rings is 2. The average molecular weight is 364 g/mol. The van der Waals surface area contributed by atoms with E-state index in [1.807, 2.05) is 30.8 Å². The van der Waals surface area contributed by atoms with E-state index in [-0.39, 0.29) is 12.5 Å². The monoisotopic (exact) mass is 363 g/mol. The summed E-state index contributed by atoms with van der Waals surface area (Å²) >= 11 is 7.77. The molecule has 0 atom stereocenters. The van der Waals surface area contributed by atoms with Gasteiger partial charge in [-0.2, -0.15) is 11.8 Å². The first-order chi connectivity index (χ1) is 11.6. The van der Waals surface area contributed by atoms with Gasteiger partial charge in [0.15, 0.2) is 6.61 Å². The van der Waals surface area contributed by atoms with Gasteiger partial charge >= 0.3 is 0 Å². The summed E-state index contributed by atoms with van der Waals surface area (Å²) in [6, 6.07) is 13.7. The Morgan fingerprint density at radius 1 is 1.17 bits per heavy atom. The molecule has 0 fully saturated rings. The Labute approximate surface area is 152 Å². The van der Waals surface area contributed by atoms with Crippen molar-refractivity contribution >= 4 is 29.3 Å². The highest BCUT2D eigenvalue weighted by Gasteiger charge is 2.04. The number of rotatable bonds is 8. The zero-order chi connectivity index (χ0) is 17.4. The van der Waals surface area contributed by atoms with Crippen LogP contribution in [0.2, 0.25) is 5.02 Å². The fourth-order valence-electron chi connectivity index (χ4n) is 2.12. The molecule has 0 aliphatic heterocycles. The number of aryl methyl sites for hydroxylation is 2. The molecule has 0 aromatic heterocycles. The predicted octanol–water partition coefficient (Wildman–Crippen LogP) is 4.39. The number of halogens is 1. The van der Waals surface area contributed by atoms with Crippen molar-refractivity contribution in [2.24, 2.45) is 0 Å². The standard InChI is InChI=1S/C19H22ClNO2S/c1-14-5-3-4-6-16(14)13-24-10-9-21-19(22)12-23-17-7-8-18(20)15(2)11-17/h3-8,11H,9-10,12-13H2,1-2H3,(H,21,22). The fourth-order valence-corrected chi connectivity index (χ4v) is 3.18. The molecule has 0 spiro atoms. The van der Waals surface area contributed by atoms with Crippen LogP contribution in [0.15, 0.2) is 42.5 Å². The molecule has 0 saturated carbocycles. The largest absolute Gasteiger partial charge is 0.484 e. The Bertz CT molecular complexity index is 691. The van der Waals surface area contributed by atoms with E-state index < -0.39 is 0 Å². The molecule has 0 aliphatic rings. The maximum atomic E-state index is 11.8. The average Bonchev–Trinajstić information content (AvgIpc) is 2.57. The number of amides is 1. The van der Waals surface area contributed by atoms with Crippen LogP contribution < -0.4 is 10.1 Å². The molecule has 3 nitrogen and oxygen atoms in total. The van der Waals surface area contributed by atoms with Crippen LogP contribution in [0.3, 0.4) is 0 Å². The summed E-state index contributed by atoms with van der Waals surface area (Å²) in [6.45, 7) is 4.68. The number of thioether (sulfide) groups is 1. The number of hydrogen-bond acceptors (Lipinski definition) is 3. The lowest BCUT2D eigenvalue weighted by molar-refractivity contribution is -0.122. The van der Waals surface area contributed by atoms with Gasteiger partial charge in [0, 0.05) is 23.1 Å². The maximum absolute atomic E-state index is 11.8. The molecule has 2 aromatic carbocycles. The molecule has 128 valence electrons. The van der Waals surface area contributed by atoms with E-state index in [0.29, 0.717) is 17.3 Å². The molecule has 24 heavy (non-hydrogen) atoms. The second-order valence-corrected chi connectivity index (χ2v) is 7.04. The van der Waals surface area contributed by atoms with Crippen molar-refractivity contribution in [3.63, 3.8) is 0 Å². The molecule has 0 radical (unpaired) electrons. The molecule has 0 saturated heterocycles. The smallest absolute Gasteiger partial charge is 0.257 e. The van der Waals surface area contributed by atoms with E-state index >= 15 is 0 Å². The summed E-state index contributed by atoms with van der Waals surface area (Å²) in [5, 5.41) is 3.56. The van der Waals surface area contributed by atoms with Crippen LogP contribution in [-0.2, 0) is 10.5 Å². The Morgan fingerprint density at radius 3 is 2.71 bits per heavy atom. The van der Waals surface area contributed by atoms with Crippen LogP contribution in [0.4, 0.5) is 0 Å². The number of carbonyl (C=O) groups is 1. The molecule has 0 heterocycles. The summed E-state index contributed by atoms with van der Waals surface area (Å²) in [5.74, 6) is 2.38. The van der Waals surface area contributed by atoms with Crippen LogP contribution >= 0.6 is 23.4 Å². The van der Waals surface area contributed by atoms with Gasteiger partial charge in [-0.15, -0.1) is 0 Å². The van der Waals surface area contributed by atoms with Crippen LogP contribution in [0.5, 0.6) is 5.75 Å². The minimum absolute atomic E-state index is 0.0174. The second kappa shape index (κ2) is 9.60. The van der Waals surface area contributed by atoms with Crippen LogP contribution in [0.25, 0.3) is 0 Å². The molecular formula is C19H22ClNO2S. The van der Waals surface area contributed by atoms with E-state index in [2.05, 4.69) is 30.4 Å². The minimum atomic E-state index is -0.112. The molecule has 0 unspecified atom stereocenters. The normalized spacial score (nSPS) is 10.5. The molecule has 1 amide bonds. The van der Waals surface area contributed by atoms with Crippen LogP contribution in [-0.4, -0.2) is 24.8 Å². The van der Waals surface area contributed by atoms with Crippen molar-refractivity contribution in [2.75, 3.05) is 18.9 Å². The fraction of sp³-hybridized carbons (Fsp3) is 0.316. The van der Waals surface area contributed by atoms with Crippen molar-refractivity contribution in [3.05, 3.63) is 64.2 Å². The molecule has 5 heteroatoms. The highest BCUT2D eigenvalue weighted by atomic mass is 35.5. The Hall–Kier alpha value is -1.65. The van der Waals surface area contributed by atoms with E-state index in [9.17, 15) is 4.79 Å². The quantitative estimate of drug-likeness (QED) is 0.707. The van der Waals surface area contributed by atoms with E-state index in [0.717, 1.165) is 17.1 Å². The van der Waals surface area contributed by atoms with Crippen LogP contribution in [0, 0.1) is 13.8 Å².